The summed E-state index contributed by atoms with van der Waals surface area (Å²) >= 11 is 0. The maximum Gasteiger partial charge on any atom is 0.411 e. The molecule has 2 aromatic carbocycles. The van der Waals surface area contributed by atoms with E-state index < -0.39 is 6.09 Å². The first kappa shape index (κ1) is 21.6. The molecule has 3 aromatic rings. The molecule has 0 bridgehead atoms. The fraction of sp³-hybridized carbons (Fsp3) is 0.320. The molecular weight excluding hydrogens is 408 g/mol. The summed E-state index contributed by atoms with van der Waals surface area (Å²) in [6.07, 6.45) is 5.27. The molecule has 1 aromatic heterocycles. The van der Waals surface area contributed by atoms with Gasteiger partial charge in [0.15, 0.2) is 5.43 Å². The van der Waals surface area contributed by atoms with Crippen molar-refractivity contribution in [3.05, 3.63) is 75.6 Å². The number of aromatic nitrogens is 1. The van der Waals surface area contributed by atoms with Crippen LogP contribution in [0.25, 0.3) is 10.9 Å². The number of ether oxygens (including phenoxy) is 2. The Morgan fingerprint density at radius 2 is 1.81 bits per heavy atom. The molecule has 1 saturated carbocycles. The lowest BCUT2D eigenvalue weighted by molar-refractivity contribution is 0.0600. The van der Waals surface area contributed by atoms with E-state index >= 15 is 0 Å². The topological polar surface area (TPSA) is 86.6 Å². The van der Waals surface area contributed by atoms with Gasteiger partial charge in [-0.25, -0.2) is 9.59 Å². The first-order valence-electron chi connectivity index (χ1n) is 10.7. The molecule has 4 rings (SSSR count). The van der Waals surface area contributed by atoms with Crippen molar-refractivity contribution in [2.45, 2.75) is 45.3 Å². The number of methoxy groups -OCH3 is 1. The van der Waals surface area contributed by atoms with Crippen molar-refractivity contribution < 1.29 is 19.1 Å². The van der Waals surface area contributed by atoms with Crippen LogP contribution < -0.4 is 10.7 Å². The highest BCUT2D eigenvalue weighted by atomic mass is 16.6. The summed E-state index contributed by atoms with van der Waals surface area (Å²) in [7, 11) is 1.35. The third-order valence-electron chi connectivity index (χ3n) is 5.81. The maximum absolute atomic E-state index is 12.7. The zero-order valence-electron chi connectivity index (χ0n) is 18.2. The lowest BCUT2D eigenvalue weighted by Crippen LogP contribution is -2.20. The van der Waals surface area contributed by atoms with E-state index in [1.165, 1.54) is 7.11 Å². The molecule has 1 heterocycles. The lowest BCUT2D eigenvalue weighted by atomic mass is 10.1. The molecule has 7 heteroatoms. The van der Waals surface area contributed by atoms with Crippen LogP contribution in [0, 0.1) is 6.92 Å². The summed E-state index contributed by atoms with van der Waals surface area (Å²) in [5.74, 6) is -0.388. The van der Waals surface area contributed by atoms with E-state index in [4.69, 9.17) is 9.47 Å². The van der Waals surface area contributed by atoms with Gasteiger partial charge >= 0.3 is 12.1 Å². The summed E-state index contributed by atoms with van der Waals surface area (Å²) in [6.45, 7) is 2.28. The Balaban J connectivity index is 1.61. The number of hydrogen-bond acceptors (Lipinski definition) is 5. The van der Waals surface area contributed by atoms with Gasteiger partial charge in [0, 0.05) is 29.4 Å². The van der Waals surface area contributed by atoms with E-state index in [0.717, 1.165) is 31.2 Å². The quantitative estimate of drug-likeness (QED) is 0.592. The SMILES string of the molecule is COC(=O)c1ccc(Cn2cc(C)c(=O)c3ccc(NC(=O)OC4CCCC4)cc32)cc1. The van der Waals surface area contributed by atoms with Crippen LogP contribution in [0.2, 0.25) is 0 Å². The summed E-state index contributed by atoms with van der Waals surface area (Å²) in [5, 5.41) is 3.36. The summed E-state index contributed by atoms with van der Waals surface area (Å²) < 4.78 is 12.2. The number of aryl methyl sites for hydroxylation is 1. The first-order chi connectivity index (χ1) is 15.4. The molecule has 0 atom stereocenters. The molecule has 1 aliphatic carbocycles. The molecule has 0 saturated heterocycles. The number of carbonyl (C=O) groups is 2. The minimum absolute atomic E-state index is 0.0238. The number of benzene rings is 2. The Kier molecular flexibility index (Phi) is 6.25. The second-order valence-electron chi connectivity index (χ2n) is 8.13. The number of esters is 1. The molecule has 0 aliphatic heterocycles. The minimum Gasteiger partial charge on any atom is -0.465 e. The third kappa shape index (κ3) is 4.66. The van der Waals surface area contributed by atoms with Gasteiger partial charge in [-0.15, -0.1) is 0 Å². The van der Waals surface area contributed by atoms with E-state index in [1.54, 1.807) is 43.5 Å². The minimum atomic E-state index is -0.476. The normalized spacial score (nSPS) is 13.8. The van der Waals surface area contributed by atoms with Crippen LogP contribution in [0.5, 0.6) is 0 Å². The van der Waals surface area contributed by atoms with Crippen molar-refractivity contribution in [2.24, 2.45) is 0 Å². The van der Waals surface area contributed by atoms with E-state index in [2.05, 4.69) is 5.32 Å². The Labute approximate surface area is 186 Å². The number of fused-ring (bicyclic) bond motifs is 1. The van der Waals surface area contributed by atoms with Gasteiger partial charge in [0.05, 0.1) is 18.2 Å². The van der Waals surface area contributed by atoms with Crippen molar-refractivity contribution in [1.29, 1.82) is 0 Å². The number of pyridine rings is 1. The first-order valence-corrected chi connectivity index (χ1v) is 10.7. The highest BCUT2D eigenvalue weighted by molar-refractivity contribution is 5.90. The van der Waals surface area contributed by atoms with Gasteiger partial charge in [0.2, 0.25) is 0 Å². The second kappa shape index (κ2) is 9.26. The molecule has 1 fully saturated rings. The Morgan fingerprint density at radius 1 is 1.09 bits per heavy atom. The fourth-order valence-electron chi connectivity index (χ4n) is 4.11. The molecule has 0 spiro atoms. The maximum atomic E-state index is 12.7. The molecule has 1 aliphatic rings. The van der Waals surface area contributed by atoms with Crippen molar-refractivity contribution >= 4 is 28.7 Å². The second-order valence-corrected chi connectivity index (χ2v) is 8.13. The Hall–Kier alpha value is -3.61. The van der Waals surface area contributed by atoms with E-state index in [-0.39, 0.29) is 17.5 Å². The zero-order chi connectivity index (χ0) is 22.7. The zero-order valence-corrected chi connectivity index (χ0v) is 18.2. The molecular formula is C25H26N2O5. The monoisotopic (exact) mass is 434 g/mol. The number of rotatable bonds is 5. The Morgan fingerprint density at radius 3 is 2.50 bits per heavy atom. The number of hydrogen-bond donors (Lipinski definition) is 1. The van der Waals surface area contributed by atoms with Crippen LogP contribution in [0.15, 0.2) is 53.5 Å². The summed E-state index contributed by atoms with van der Waals surface area (Å²) in [5.41, 5.74) is 3.29. The van der Waals surface area contributed by atoms with Crippen LogP contribution >= 0.6 is 0 Å². The molecule has 7 nitrogen and oxygen atoms in total. The molecule has 166 valence electrons. The van der Waals surface area contributed by atoms with Gasteiger partial charge in [-0.05, 0) is 68.5 Å². The van der Waals surface area contributed by atoms with E-state index in [0.29, 0.717) is 34.3 Å². The van der Waals surface area contributed by atoms with E-state index in [9.17, 15) is 14.4 Å². The number of carbonyl (C=O) groups excluding carboxylic acids is 2. The highest BCUT2D eigenvalue weighted by Crippen LogP contribution is 2.23. The van der Waals surface area contributed by atoms with Gasteiger partial charge < -0.3 is 14.0 Å². The van der Waals surface area contributed by atoms with Crippen LogP contribution in [0.4, 0.5) is 10.5 Å². The van der Waals surface area contributed by atoms with Gasteiger partial charge in [-0.1, -0.05) is 12.1 Å². The largest absolute Gasteiger partial charge is 0.465 e. The van der Waals surface area contributed by atoms with Crippen molar-refractivity contribution in [3.8, 4) is 0 Å². The standard InChI is InChI=1S/C25H26N2O5/c1-16-14-27(15-17-7-9-18(10-8-17)24(29)31-2)22-13-19(11-12-21(22)23(16)28)26-25(30)32-20-5-3-4-6-20/h7-14,20H,3-6,15H2,1-2H3,(H,26,30). The smallest absolute Gasteiger partial charge is 0.411 e. The van der Waals surface area contributed by atoms with Crippen molar-refractivity contribution in [3.63, 3.8) is 0 Å². The fourth-order valence-corrected chi connectivity index (χ4v) is 4.11. The number of nitrogens with one attached hydrogen (secondary N) is 1. The number of nitrogens with zero attached hydrogens (tertiary/aromatic N) is 1. The lowest BCUT2D eigenvalue weighted by Gasteiger charge is -2.15. The van der Waals surface area contributed by atoms with Gasteiger partial charge in [-0.3, -0.25) is 10.1 Å². The average molecular weight is 434 g/mol. The van der Waals surface area contributed by atoms with Crippen LogP contribution in [0.1, 0.15) is 47.2 Å². The number of anilines is 1. The van der Waals surface area contributed by atoms with Gasteiger partial charge in [0.25, 0.3) is 0 Å². The van der Waals surface area contributed by atoms with Crippen molar-refractivity contribution in [1.82, 2.24) is 4.57 Å². The molecule has 1 amide bonds. The van der Waals surface area contributed by atoms with Crippen LogP contribution in [-0.2, 0) is 16.0 Å². The molecule has 32 heavy (non-hydrogen) atoms. The highest BCUT2D eigenvalue weighted by Gasteiger charge is 2.19. The number of amides is 1. The molecule has 0 unspecified atom stereocenters. The third-order valence-corrected chi connectivity index (χ3v) is 5.81. The molecule has 0 radical (unpaired) electrons. The predicted molar refractivity (Wildman–Crippen MR) is 122 cm³/mol. The van der Waals surface area contributed by atoms with Crippen LogP contribution in [-0.4, -0.2) is 29.8 Å². The van der Waals surface area contributed by atoms with Gasteiger partial charge in [0.1, 0.15) is 6.10 Å². The van der Waals surface area contributed by atoms with Crippen LogP contribution in [0.3, 0.4) is 0 Å². The van der Waals surface area contributed by atoms with E-state index in [1.807, 2.05) is 16.7 Å². The Bertz CT molecular complexity index is 1210. The average Bonchev–Trinajstić information content (AvgIpc) is 3.30. The summed E-state index contributed by atoms with van der Waals surface area (Å²) in [6, 6.07) is 12.4. The predicted octanol–water partition coefficient (Wildman–Crippen LogP) is 4.64. The van der Waals surface area contributed by atoms with Gasteiger partial charge in [-0.2, -0.15) is 0 Å². The van der Waals surface area contributed by atoms with Crippen molar-refractivity contribution in [2.75, 3.05) is 12.4 Å². The summed E-state index contributed by atoms with van der Waals surface area (Å²) in [4.78, 5) is 36.6. The molecule has 1 N–H and O–H groups in total.